The summed E-state index contributed by atoms with van der Waals surface area (Å²) < 4.78 is 0. The maximum atomic E-state index is 9.51. The normalized spacial score (nSPS) is 43.5. The Morgan fingerprint density at radius 1 is 1.17 bits per heavy atom. The number of β-amino-alcohol motifs (C(OH)–C–C–N with tert-alkyl or cyclic N) is 1. The fourth-order valence-corrected chi connectivity index (χ4v) is 1.57. The summed E-state index contributed by atoms with van der Waals surface area (Å²) >= 11 is 0. The van der Waals surface area contributed by atoms with Crippen LogP contribution in [0.3, 0.4) is 0 Å². The predicted octanol–water partition coefficient (Wildman–Crippen LogP) is -1.30. The van der Waals surface area contributed by atoms with E-state index in [0.29, 0.717) is 6.54 Å². The third-order valence-corrected chi connectivity index (χ3v) is 2.39. The fourth-order valence-electron chi connectivity index (χ4n) is 1.57. The van der Waals surface area contributed by atoms with Crippen LogP contribution in [0.15, 0.2) is 0 Å². The summed E-state index contributed by atoms with van der Waals surface area (Å²) in [7, 11) is 0. The first kappa shape index (κ1) is 9.92. The summed E-state index contributed by atoms with van der Waals surface area (Å²) in [4.78, 5) is 0. The Morgan fingerprint density at radius 2 is 1.75 bits per heavy atom. The van der Waals surface area contributed by atoms with Crippen LogP contribution < -0.4 is 5.32 Å². The molecule has 0 spiro atoms. The first-order valence-electron chi connectivity index (χ1n) is 4.31. The summed E-state index contributed by atoms with van der Waals surface area (Å²) in [5, 5.41) is 31.0. The van der Waals surface area contributed by atoms with Crippen LogP contribution in [0.2, 0.25) is 0 Å². The average Bonchev–Trinajstić information content (AvgIpc) is 2.00. The first-order chi connectivity index (χ1) is 5.54. The second-order valence-corrected chi connectivity index (χ2v) is 3.73. The van der Waals surface area contributed by atoms with Crippen LogP contribution >= 0.6 is 0 Å². The van der Waals surface area contributed by atoms with Gasteiger partial charge in [-0.05, 0) is 5.92 Å². The van der Waals surface area contributed by atoms with Crippen LogP contribution in [0.1, 0.15) is 13.8 Å². The molecule has 1 rings (SSSR count). The average molecular weight is 175 g/mol. The van der Waals surface area contributed by atoms with Crippen molar-refractivity contribution in [3.05, 3.63) is 0 Å². The zero-order chi connectivity index (χ0) is 9.30. The highest BCUT2D eigenvalue weighted by Gasteiger charge is 2.37. The van der Waals surface area contributed by atoms with Crippen molar-refractivity contribution in [1.29, 1.82) is 0 Å². The van der Waals surface area contributed by atoms with Gasteiger partial charge >= 0.3 is 0 Å². The molecule has 4 heteroatoms. The number of rotatable bonds is 1. The van der Waals surface area contributed by atoms with Crippen LogP contribution in [0.4, 0.5) is 0 Å². The van der Waals surface area contributed by atoms with E-state index in [1.165, 1.54) is 0 Å². The molecule has 0 amide bonds. The van der Waals surface area contributed by atoms with Gasteiger partial charge in [0, 0.05) is 12.6 Å². The van der Waals surface area contributed by atoms with Gasteiger partial charge in [0.15, 0.2) is 0 Å². The quantitative estimate of drug-likeness (QED) is 0.399. The highest BCUT2D eigenvalue weighted by atomic mass is 16.4. The molecular weight excluding hydrogens is 158 g/mol. The third kappa shape index (κ3) is 1.77. The lowest BCUT2D eigenvalue weighted by Crippen LogP contribution is -2.61. The molecule has 4 N–H and O–H groups in total. The molecule has 0 aromatic rings. The lowest BCUT2D eigenvalue weighted by Gasteiger charge is -2.38. The van der Waals surface area contributed by atoms with E-state index in [1.54, 1.807) is 0 Å². The van der Waals surface area contributed by atoms with E-state index in [1.807, 2.05) is 13.8 Å². The van der Waals surface area contributed by atoms with Gasteiger partial charge in [0.2, 0.25) is 0 Å². The molecule has 0 saturated carbocycles. The van der Waals surface area contributed by atoms with Crippen molar-refractivity contribution in [2.45, 2.75) is 38.2 Å². The molecular formula is C8H17NO3. The van der Waals surface area contributed by atoms with Crippen molar-refractivity contribution >= 4 is 0 Å². The third-order valence-electron chi connectivity index (χ3n) is 2.39. The van der Waals surface area contributed by atoms with Gasteiger partial charge in [0.05, 0.1) is 12.2 Å². The number of aliphatic hydroxyl groups is 3. The van der Waals surface area contributed by atoms with Gasteiger partial charge < -0.3 is 20.6 Å². The molecule has 1 heterocycles. The van der Waals surface area contributed by atoms with Gasteiger partial charge in [0.25, 0.3) is 0 Å². The minimum absolute atomic E-state index is 0.122. The fraction of sp³-hybridized carbons (Fsp3) is 1.00. The summed E-state index contributed by atoms with van der Waals surface area (Å²) in [5.41, 5.74) is 0. The van der Waals surface area contributed by atoms with Crippen LogP contribution in [0.5, 0.6) is 0 Å². The maximum absolute atomic E-state index is 9.51. The molecule has 0 aromatic carbocycles. The van der Waals surface area contributed by atoms with Crippen molar-refractivity contribution in [3.8, 4) is 0 Å². The summed E-state index contributed by atoms with van der Waals surface area (Å²) in [6.45, 7) is 4.28. The van der Waals surface area contributed by atoms with Gasteiger partial charge in [-0.25, -0.2) is 0 Å². The largest absolute Gasteiger partial charge is 0.389 e. The van der Waals surface area contributed by atoms with Crippen LogP contribution in [-0.2, 0) is 0 Å². The van der Waals surface area contributed by atoms with Gasteiger partial charge in [-0.3, -0.25) is 0 Å². The van der Waals surface area contributed by atoms with E-state index >= 15 is 0 Å². The van der Waals surface area contributed by atoms with Crippen molar-refractivity contribution in [3.63, 3.8) is 0 Å². The Hall–Kier alpha value is -0.160. The standard InChI is InChI=1S/C8H17NO3/c1-4(2)6-8(12)7(11)5(10)3-9-6/h4-12H,3H2,1-2H3/t5-,6+,7+,8-/m1/s1. The maximum Gasteiger partial charge on any atom is 0.108 e. The topological polar surface area (TPSA) is 72.7 Å². The van der Waals surface area contributed by atoms with E-state index in [4.69, 9.17) is 0 Å². The van der Waals surface area contributed by atoms with Gasteiger partial charge in [-0.15, -0.1) is 0 Å². The van der Waals surface area contributed by atoms with Crippen molar-refractivity contribution in [1.82, 2.24) is 5.32 Å². The lowest BCUT2D eigenvalue weighted by molar-refractivity contribution is -0.101. The Kier molecular flexibility index (Phi) is 3.06. The van der Waals surface area contributed by atoms with Gasteiger partial charge in [-0.2, -0.15) is 0 Å². The van der Waals surface area contributed by atoms with Crippen molar-refractivity contribution in [2.24, 2.45) is 5.92 Å². The monoisotopic (exact) mass is 175 g/mol. The molecule has 0 unspecified atom stereocenters. The number of aliphatic hydroxyl groups excluding tert-OH is 3. The summed E-state index contributed by atoms with van der Waals surface area (Å²) in [5.74, 6) is 0.252. The minimum atomic E-state index is -1.02. The SMILES string of the molecule is CC(C)[C@@H]1NC[C@@H](O)[C@H](O)[C@@H]1O. The molecule has 1 saturated heterocycles. The van der Waals surface area contributed by atoms with E-state index in [2.05, 4.69) is 5.32 Å². The van der Waals surface area contributed by atoms with E-state index in [0.717, 1.165) is 0 Å². The summed E-state index contributed by atoms with van der Waals surface area (Å²) in [6, 6.07) is -0.122. The Bertz CT molecular complexity index is 151. The molecule has 0 radical (unpaired) electrons. The molecule has 1 aliphatic heterocycles. The number of piperidine rings is 1. The van der Waals surface area contributed by atoms with E-state index in [-0.39, 0.29) is 12.0 Å². The zero-order valence-electron chi connectivity index (χ0n) is 7.44. The molecule has 4 atom stereocenters. The smallest absolute Gasteiger partial charge is 0.108 e. The summed E-state index contributed by atoms with van der Waals surface area (Å²) in [6.07, 6.45) is -2.73. The zero-order valence-corrected chi connectivity index (χ0v) is 7.44. The molecule has 72 valence electrons. The number of nitrogens with one attached hydrogen (secondary N) is 1. The second kappa shape index (κ2) is 3.70. The molecule has 4 nitrogen and oxygen atoms in total. The highest BCUT2D eigenvalue weighted by molar-refractivity contribution is 4.93. The van der Waals surface area contributed by atoms with Crippen LogP contribution in [-0.4, -0.2) is 46.2 Å². The predicted molar refractivity (Wildman–Crippen MR) is 44.6 cm³/mol. The van der Waals surface area contributed by atoms with Crippen molar-refractivity contribution in [2.75, 3.05) is 6.54 Å². The molecule has 0 aromatic heterocycles. The second-order valence-electron chi connectivity index (χ2n) is 3.73. The molecule has 0 aliphatic carbocycles. The molecule has 0 bridgehead atoms. The van der Waals surface area contributed by atoms with E-state index < -0.39 is 18.3 Å². The lowest BCUT2D eigenvalue weighted by atomic mass is 9.89. The number of hydrogen-bond acceptors (Lipinski definition) is 4. The van der Waals surface area contributed by atoms with Gasteiger partial charge in [-0.1, -0.05) is 13.8 Å². The van der Waals surface area contributed by atoms with E-state index in [9.17, 15) is 15.3 Å². The molecule has 1 aliphatic rings. The Balaban J connectivity index is 2.58. The minimum Gasteiger partial charge on any atom is -0.389 e. The Labute approximate surface area is 72.2 Å². The number of hydrogen-bond donors (Lipinski definition) is 4. The molecule has 1 fully saturated rings. The molecule has 12 heavy (non-hydrogen) atoms. The van der Waals surface area contributed by atoms with Crippen LogP contribution in [0.25, 0.3) is 0 Å². The highest BCUT2D eigenvalue weighted by Crippen LogP contribution is 2.16. The Morgan fingerprint density at radius 3 is 2.25 bits per heavy atom. The van der Waals surface area contributed by atoms with Crippen molar-refractivity contribution < 1.29 is 15.3 Å². The first-order valence-corrected chi connectivity index (χ1v) is 4.31. The van der Waals surface area contributed by atoms with Crippen LogP contribution in [0, 0.1) is 5.92 Å². The van der Waals surface area contributed by atoms with Gasteiger partial charge in [0.1, 0.15) is 6.10 Å².